The van der Waals surface area contributed by atoms with Crippen LogP contribution < -0.4 is 5.46 Å². The fourth-order valence-electron chi connectivity index (χ4n) is 5.10. The van der Waals surface area contributed by atoms with Crippen molar-refractivity contribution in [2.24, 2.45) is 0 Å². The third-order valence-electron chi connectivity index (χ3n) is 8.75. The summed E-state index contributed by atoms with van der Waals surface area (Å²) >= 11 is 0. The Hall–Kier alpha value is -4.65. The Balaban J connectivity index is 1.33. The Bertz CT molecular complexity index is 1810. The lowest BCUT2D eigenvalue weighted by atomic mass is 9.82. The number of rotatable bonds is 9. The summed E-state index contributed by atoms with van der Waals surface area (Å²) in [6.45, 7) is 7.33. The van der Waals surface area contributed by atoms with Crippen molar-refractivity contribution in [1.29, 1.82) is 0 Å². The first kappa shape index (κ1) is 30.4. The van der Waals surface area contributed by atoms with Crippen LogP contribution in [-0.2, 0) is 4.65 Å². The molecule has 0 bridgehead atoms. The van der Waals surface area contributed by atoms with Gasteiger partial charge < -0.3 is 9.76 Å². The van der Waals surface area contributed by atoms with Crippen LogP contribution in [-0.4, -0.2) is 38.7 Å². The van der Waals surface area contributed by atoms with Crippen LogP contribution in [0, 0.1) is 0 Å². The molecular weight excluding hydrogens is 553 g/mol. The second kappa shape index (κ2) is 12.8. The number of allylic oxidation sites excluding steroid dienone is 4. The maximum atomic E-state index is 10.5. The highest BCUT2D eigenvalue weighted by Crippen LogP contribution is 2.30. The molecule has 1 atom stereocenters. The SMILES string of the molecule is CC(C)(O)C(C)(C)OBc1ccc(-c2nc(-c3ccc(-c4ccccc4)cc3)nc(-c3ccc(C4C=CC=CC4)cc3)n2)cc1. The number of nitrogens with zero attached hydrogens (tertiary/aromatic N) is 3. The molecule has 5 nitrogen and oxygen atoms in total. The molecule has 0 amide bonds. The van der Waals surface area contributed by atoms with Gasteiger partial charge in [0.25, 0.3) is 0 Å². The molecule has 5 aromatic rings. The molecule has 0 spiro atoms. The van der Waals surface area contributed by atoms with Crippen molar-refractivity contribution in [3.8, 4) is 45.3 Å². The maximum Gasteiger partial charge on any atom is 0.309 e. The van der Waals surface area contributed by atoms with Crippen LogP contribution in [0.15, 0.2) is 127 Å². The minimum absolute atomic E-state index is 0.383. The number of aromatic nitrogens is 3. The number of aliphatic hydroxyl groups is 1. The molecule has 4 aromatic carbocycles. The van der Waals surface area contributed by atoms with E-state index in [0.717, 1.165) is 34.1 Å². The zero-order valence-corrected chi connectivity index (χ0v) is 26.3. The van der Waals surface area contributed by atoms with E-state index in [1.54, 1.807) is 13.8 Å². The van der Waals surface area contributed by atoms with E-state index in [-0.39, 0.29) is 0 Å². The Morgan fingerprint density at radius 2 is 1.11 bits per heavy atom. The van der Waals surface area contributed by atoms with Gasteiger partial charge in [0.15, 0.2) is 17.5 Å². The van der Waals surface area contributed by atoms with Gasteiger partial charge in [0.05, 0.1) is 11.2 Å². The normalized spacial score (nSPS) is 14.8. The summed E-state index contributed by atoms with van der Waals surface area (Å²) in [6, 6.07) is 35.3. The van der Waals surface area contributed by atoms with Gasteiger partial charge >= 0.3 is 7.48 Å². The lowest BCUT2D eigenvalue weighted by Crippen LogP contribution is -2.49. The molecule has 0 saturated carbocycles. The van der Waals surface area contributed by atoms with Crippen LogP contribution in [0.3, 0.4) is 0 Å². The van der Waals surface area contributed by atoms with Gasteiger partial charge in [0.1, 0.15) is 0 Å². The van der Waals surface area contributed by atoms with Crippen LogP contribution in [0.1, 0.15) is 45.6 Å². The molecule has 1 aliphatic rings. The summed E-state index contributed by atoms with van der Waals surface area (Å²) in [5.74, 6) is 2.24. The van der Waals surface area contributed by atoms with Crippen molar-refractivity contribution >= 4 is 12.9 Å². The molecular formula is C39H38BN3O2. The number of benzene rings is 4. The summed E-state index contributed by atoms with van der Waals surface area (Å²) in [4.78, 5) is 14.8. The minimum Gasteiger partial charge on any atom is -0.427 e. The van der Waals surface area contributed by atoms with Crippen molar-refractivity contribution in [3.63, 3.8) is 0 Å². The van der Waals surface area contributed by atoms with Gasteiger partial charge in [-0.15, -0.1) is 0 Å². The second-order valence-corrected chi connectivity index (χ2v) is 12.6. The minimum atomic E-state index is -0.966. The van der Waals surface area contributed by atoms with Gasteiger partial charge in [0.2, 0.25) is 0 Å². The van der Waals surface area contributed by atoms with Crippen molar-refractivity contribution < 1.29 is 9.76 Å². The first-order chi connectivity index (χ1) is 21.7. The number of hydrogen-bond donors (Lipinski definition) is 1. The standard InChI is InChI=1S/C39H38BN3O2/c1-38(2,44)39(3,4)45-40-34-25-23-33(24-26-34)37-42-35(31-19-15-29(16-20-31)27-11-7-5-8-12-27)41-36(43-37)32-21-17-30(18-22-32)28-13-9-6-10-14-28/h5-13,15-26,28,40,44H,14H2,1-4H3. The second-order valence-electron chi connectivity index (χ2n) is 12.6. The first-order valence-corrected chi connectivity index (χ1v) is 15.5. The van der Waals surface area contributed by atoms with Gasteiger partial charge in [-0.05, 0) is 50.8 Å². The molecule has 6 heteroatoms. The molecule has 0 radical (unpaired) electrons. The first-order valence-electron chi connectivity index (χ1n) is 15.5. The molecule has 6 rings (SSSR count). The number of hydrogen-bond acceptors (Lipinski definition) is 5. The molecule has 0 saturated heterocycles. The summed E-state index contributed by atoms with van der Waals surface area (Å²) in [5.41, 5.74) is 5.68. The molecule has 1 aromatic heterocycles. The van der Waals surface area contributed by atoms with Crippen LogP contribution in [0.5, 0.6) is 0 Å². The fourth-order valence-corrected chi connectivity index (χ4v) is 5.10. The zero-order valence-electron chi connectivity index (χ0n) is 26.3. The zero-order chi connectivity index (χ0) is 31.4. The van der Waals surface area contributed by atoms with Crippen molar-refractivity contribution in [1.82, 2.24) is 15.0 Å². The van der Waals surface area contributed by atoms with E-state index < -0.39 is 11.2 Å². The quantitative estimate of drug-likeness (QED) is 0.178. The van der Waals surface area contributed by atoms with Crippen molar-refractivity contribution in [2.75, 3.05) is 0 Å². The van der Waals surface area contributed by atoms with E-state index in [1.807, 2.05) is 56.3 Å². The smallest absolute Gasteiger partial charge is 0.309 e. The molecule has 1 aliphatic carbocycles. The lowest BCUT2D eigenvalue weighted by Gasteiger charge is -2.37. The van der Waals surface area contributed by atoms with Gasteiger partial charge in [-0.2, -0.15) is 0 Å². The van der Waals surface area contributed by atoms with Gasteiger partial charge in [-0.1, -0.05) is 133 Å². The van der Waals surface area contributed by atoms with E-state index in [9.17, 15) is 5.11 Å². The van der Waals surface area contributed by atoms with E-state index in [1.165, 1.54) is 11.1 Å². The van der Waals surface area contributed by atoms with Crippen LogP contribution in [0.2, 0.25) is 0 Å². The summed E-state index contributed by atoms with van der Waals surface area (Å²) < 4.78 is 6.08. The lowest BCUT2D eigenvalue weighted by molar-refractivity contribution is -0.0893. The van der Waals surface area contributed by atoms with E-state index in [2.05, 4.69) is 85.0 Å². The third-order valence-corrected chi connectivity index (χ3v) is 8.75. The van der Waals surface area contributed by atoms with E-state index in [4.69, 9.17) is 19.6 Å². The van der Waals surface area contributed by atoms with Gasteiger partial charge in [-0.3, -0.25) is 0 Å². The Labute approximate surface area is 266 Å². The van der Waals surface area contributed by atoms with Crippen molar-refractivity contribution in [2.45, 2.75) is 51.2 Å². The Morgan fingerprint density at radius 3 is 1.62 bits per heavy atom. The fraction of sp³-hybridized carbons (Fsp3) is 0.205. The van der Waals surface area contributed by atoms with Gasteiger partial charge in [-0.25, -0.2) is 15.0 Å². The molecule has 1 N–H and O–H groups in total. The monoisotopic (exact) mass is 591 g/mol. The van der Waals surface area contributed by atoms with Crippen LogP contribution in [0.25, 0.3) is 45.3 Å². The maximum absolute atomic E-state index is 10.5. The molecule has 1 unspecified atom stereocenters. The highest BCUT2D eigenvalue weighted by Gasteiger charge is 2.35. The molecule has 1 heterocycles. The highest BCUT2D eigenvalue weighted by molar-refractivity contribution is 6.47. The summed E-state index contributed by atoms with van der Waals surface area (Å²) in [6.07, 6.45) is 9.67. The predicted octanol–water partition coefficient (Wildman–Crippen LogP) is 7.68. The largest absolute Gasteiger partial charge is 0.427 e. The average Bonchev–Trinajstić information content (AvgIpc) is 3.08. The van der Waals surface area contributed by atoms with Crippen molar-refractivity contribution in [3.05, 3.63) is 133 Å². The summed E-state index contributed by atoms with van der Waals surface area (Å²) in [7, 11) is 0.386. The average molecular weight is 592 g/mol. The molecule has 45 heavy (non-hydrogen) atoms. The van der Waals surface area contributed by atoms with Crippen LogP contribution in [0.4, 0.5) is 0 Å². The van der Waals surface area contributed by atoms with Gasteiger partial charge in [0, 0.05) is 22.6 Å². The van der Waals surface area contributed by atoms with Crippen LogP contribution >= 0.6 is 0 Å². The molecule has 0 aliphatic heterocycles. The Morgan fingerprint density at radius 1 is 0.622 bits per heavy atom. The molecule has 0 fully saturated rings. The topological polar surface area (TPSA) is 68.1 Å². The molecule has 224 valence electrons. The highest BCUT2D eigenvalue weighted by atomic mass is 16.5. The van der Waals surface area contributed by atoms with E-state index >= 15 is 0 Å². The predicted molar refractivity (Wildman–Crippen MR) is 185 cm³/mol. The summed E-state index contributed by atoms with van der Waals surface area (Å²) in [5, 5.41) is 10.5. The Kier molecular flexibility index (Phi) is 8.62. The third kappa shape index (κ3) is 7.03. The van der Waals surface area contributed by atoms with E-state index in [0.29, 0.717) is 30.9 Å².